The second-order valence-corrected chi connectivity index (χ2v) is 8.57. The molecule has 0 radical (unpaired) electrons. The molecule has 30 heavy (non-hydrogen) atoms. The number of anilines is 1. The maximum Gasteiger partial charge on any atom is 0.260 e. The fourth-order valence-corrected chi connectivity index (χ4v) is 4.99. The SMILES string of the molecule is O=C(c1cccc2ccccc12)N(CC[NH+]1CCOCC1)c1nc2ccccc2s1. The highest BCUT2D eigenvalue weighted by atomic mass is 32.1. The first-order valence-electron chi connectivity index (χ1n) is 10.4. The van der Waals surface area contributed by atoms with Gasteiger partial charge in [0, 0.05) is 5.56 Å². The third kappa shape index (κ3) is 3.81. The molecule has 1 aromatic heterocycles. The van der Waals surface area contributed by atoms with Crippen LogP contribution in [0.2, 0.25) is 0 Å². The van der Waals surface area contributed by atoms with Gasteiger partial charge in [-0.15, -0.1) is 0 Å². The average Bonchev–Trinajstić information content (AvgIpc) is 3.23. The maximum absolute atomic E-state index is 13.8. The molecule has 1 N–H and O–H groups in total. The smallest absolute Gasteiger partial charge is 0.260 e. The number of amides is 1. The van der Waals surface area contributed by atoms with Crippen molar-refractivity contribution in [2.75, 3.05) is 44.3 Å². The van der Waals surface area contributed by atoms with Crippen LogP contribution in [0.4, 0.5) is 5.13 Å². The zero-order chi connectivity index (χ0) is 20.3. The molecule has 1 aliphatic rings. The lowest BCUT2D eigenvalue weighted by Gasteiger charge is -2.27. The van der Waals surface area contributed by atoms with E-state index in [2.05, 4.69) is 6.07 Å². The maximum atomic E-state index is 13.8. The van der Waals surface area contributed by atoms with Gasteiger partial charge in [-0.25, -0.2) is 4.98 Å². The number of benzene rings is 3. The molecule has 1 saturated heterocycles. The van der Waals surface area contributed by atoms with Gasteiger partial charge in [-0.3, -0.25) is 9.69 Å². The van der Waals surface area contributed by atoms with Crippen molar-refractivity contribution >= 4 is 43.4 Å². The van der Waals surface area contributed by atoms with Crippen molar-refractivity contribution in [3.8, 4) is 0 Å². The first-order chi connectivity index (χ1) is 14.8. The topological polar surface area (TPSA) is 46.9 Å². The van der Waals surface area contributed by atoms with Crippen LogP contribution in [0.5, 0.6) is 0 Å². The molecule has 4 aromatic rings. The van der Waals surface area contributed by atoms with Gasteiger partial charge in [0.05, 0.1) is 36.5 Å². The summed E-state index contributed by atoms with van der Waals surface area (Å²) in [5.41, 5.74) is 1.66. The number of aromatic nitrogens is 1. The average molecular weight is 419 g/mol. The summed E-state index contributed by atoms with van der Waals surface area (Å²) < 4.78 is 6.58. The molecular weight excluding hydrogens is 394 g/mol. The van der Waals surface area contributed by atoms with Crippen LogP contribution in [-0.4, -0.2) is 50.3 Å². The molecule has 0 bridgehead atoms. The van der Waals surface area contributed by atoms with E-state index in [1.807, 2.05) is 65.6 Å². The van der Waals surface area contributed by atoms with Crippen molar-refractivity contribution in [3.63, 3.8) is 0 Å². The quantitative estimate of drug-likeness (QED) is 0.542. The Balaban J connectivity index is 1.51. The standard InChI is InChI=1S/C24H23N3O2S/c28-23(20-9-5-7-18-6-1-2-8-19(18)20)27(13-12-26-14-16-29-17-15-26)24-25-21-10-3-4-11-22(21)30-24/h1-11H,12-17H2/p+1. The Labute approximate surface area is 179 Å². The second-order valence-electron chi connectivity index (χ2n) is 7.56. The largest absolute Gasteiger partial charge is 0.370 e. The molecule has 2 heterocycles. The summed E-state index contributed by atoms with van der Waals surface area (Å²) in [6.07, 6.45) is 0. The Bertz CT molecular complexity index is 1140. The minimum atomic E-state index is 0.0125. The number of ether oxygens (including phenoxy) is 1. The molecule has 6 heteroatoms. The van der Waals surface area contributed by atoms with Gasteiger partial charge in [0.15, 0.2) is 5.13 Å². The van der Waals surface area contributed by atoms with Gasteiger partial charge in [0.25, 0.3) is 5.91 Å². The van der Waals surface area contributed by atoms with Gasteiger partial charge in [-0.2, -0.15) is 0 Å². The Kier molecular flexibility index (Phi) is 5.45. The van der Waals surface area contributed by atoms with E-state index in [1.54, 1.807) is 11.3 Å². The molecule has 3 aromatic carbocycles. The Morgan fingerprint density at radius 3 is 2.63 bits per heavy atom. The van der Waals surface area contributed by atoms with Crippen LogP contribution < -0.4 is 9.80 Å². The number of hydrogen-bond donors (Lipinski definition) is 1. The van der Waals surface area contributed by atoms with E-state index >= 15 is 0 Å². The van der Waals surface area contributed by atoms with Crippen LogP contribution in [-0.2, 0) is 4.74 Å². The van der Waals surface area contributed by atoms with Crippen LogP contribution >= 0.6 is 11.3 Å². The van der Waals surface area contributed by atoms with Gasteiger partial charge in [-0.1, -0.05) is 59.9 Å². The van der Waals surface area contributed by atoms with E-state index in [0.717, 1.165) is 64.5 Å². The number of quaternary nitrogens is 1. The van der Waals surface area contributed by atoms with Gasteiger partial charge in [-0.05, 0) is 29.0 Å². The predicted octanol–water partition coefficient (Wildman–Crippen LogP) is 3.01. The van der Waals surface area contributed by atoms with Gasteiger partial charge in [0.2, 0.25) is 0 Å². The summed E-state index contributed by atoms with van der Waals surface area (Å²) >= 11 is 1.58. The molecular formula is C24H24N3O2S+. The summed E-state index contributed by atoms with van der Waals surface area (Å²) in [4.78, 5) is 21.9. The lowest BCUT2D eigenvalue weighted by molar-refractivity contribution is -0.906. The molecule has 1 fully saturated rings. The monoisotopic (exact) mass is 418 g/mol. The lowest BCUT2D eigenvalue weighted by atomic mass is 10.0. The zero-order valence-corrected chi connectivity index (χ0v) is 17.5. The number of rotatable bonds is 5. The Morgan fingerprint density at radius 1 is 1.00 bits per heavy atom. The van der Waals surface area contributed by atoms with E-state index in [4.69, 9.17) is 9.72 Å². The van der Waals surface area contributed by atoms with Crippen molar-refractivity contribution in [1.82, 2.24) is 4.98 Å². The van der Waals surface area contributed by atoms with E-state index in [-0.39, 0.29) is 5.91 Å². The number of hydrogen-bond acceptors (Lipinski definition) is 4. The molecule has 0 spiro atoms. The molecule has 152 valence electrons. The van der Waals surface area contributed by atoms with E-state index in [0.29, 0.717) is 6.54 Å². The van der Waals surface area contributed by atoms with E-state index < -0.39 is 0 Å². The number of nitrogens with one attached hydrogen (secondary N) is 1. The zero-order valence-electron chi connectivity index (χ0n) is 16.7. The Hall–Kier alpha value is -2.80. The van der Waals surface area contributed by atoms with Crippen molar-refractivity contribution in [1.29, 1.82) is 0 Å². The first-order valence-corrected chi connectivity index (χ1v) is 11.2. The highest BCUT2D eigenvalue weighted by Gasteiger charge is 2.25. The molecule has 0 aliphatic carbocycles. The number of carbonyl (C=O) groups excluding carboxylic acids is 1. The number of para-hydroxylation sites is 1. The number of fused-ring (bicyclic) bond motifs is 2. The third-order valence-corrected chi connectivity index (χ3v) is 6.73. The minimum absolute atomic E-state index is 0.0125. The van der Waals surface area contributed by atoms with Gasteiger partial charge < -0.3 is 9.64 Å². The van der Waals surface area contributed by atoms with Gasteiger partial charge >= 0.3 is 0 Å². The first kappa shape index (κ1) is 19.2. The number of thiazole rings is 1. The highest BCUT2D eigenvalue weighted by Crippen LogP contribution is 2.30. The number of nitrogens with zero attached hydrogens (tertiary/aromatic N) is 2. The molecule has 5 rings (SSSR count). The summed E-state index contributed by atoms with van der Waals surface area (Å²) in [5.74, 6) is 0.0125. The summed E-state index contributed by atoms with van der Waals surface area (Å²) in [5, 5.41) is 2.82. The van der Waals surface area contributed by atoms with Crippen LogP contribution in [0.25, 0.3) is 21.0 Å². The minimum Gasteiger partial charge on any atom is -0.370 e. The number of morpholine rings is 1. The lowest BCUT2D eigenvalue weighted by Crippen LogP contribution is -3.14. The van der Waals surface area contributed by atoms with Crippen LogP contribution in [0.15, 0.2) is 66.7 Å². The summed E-state index contributed by atoms with van der Waals surface area (Å²) in [6.45, 7) is 5.06. The third-order valence-electron chi connectivity index (χ3n) is 5.67. The van der Waals surface area contributed by atoms with Gasteiger partial charge in [0.1, 0.15) is 13.1 Å². The van der Waals surface area contributed by atoms with Crippen molar-refractivity contribution < 1.29 is 14.4 Å². The van der Waals surface area contributed by atoms with Crippen molar-refractivity contribution in [2.24, 2.45) is 0 Å². The molecule has 0 unspecified atom stereocenters. The fraction of sp³-hybridized carbons (Fsp3) is 0.250. The molecule has 5 nitrogen and oxygen atoms in total. The van der Waals surface area contributed by atoms with E-state index in [9.17, 15) is 4.79 Å². The fourth-order valence-electron chi connectivity index (χ4n) is 4.00. The van der Waals surface area contributed by atoms with Crippen LogP contribution in [0.1, 0.15) is 10.4 Å². The van der Waals surface area contributed by atoms with Crippen molar-refractivity contribution in [2.45, 2.75) is 0 Å². The Morgan fingerprint density at radius 2 is 1.77 bits per heavy atom. The normalized spacial score (nSPS) is 14.9. The highest BCUT2D eigenvalue weighted by molar-refractivity contribution is 7.22. The molecule has 1 amide bonds. The van der Waals surface area contributed by atoms with Crippen LogP contribution in [0, 0.1) is 0 Å². The second kappa shape index (κ2) is 8.52. The molecule has 1 aliphatic heterocycles. The number of carbonyl (C=O) groups is 1. The predicted molar refractivity (Wildman–Crippen MR) is 122 cm³/mol. The van der Waals surface area contributed by atoms with Crippen LogP contribution in [0.3, 0.4) is 0 Å². The summed E-state index contributed by atoms with van der Waals surface area (Å²) in [6, 6.07) is 22.0. The molecule has 0 saturated carbocycles. The molecule has 0 atom stereocenters. The summed E-state index contributed by atoms with van der Waals surface area (Å²) in [7, 11) is 0. The van der Waals surface area contributed by atoms with Crippen molar-refractivity contribution in [3.05, 3.63) is 72.3 Å². The van der Waals surface area contributed by atoms with E-state index in [1.165, 1.54) is 4.90 Å².